The van der Waals surface area contributed by atoms with Crippen LogP contribution in [-0.2, 0) is 18.4 Å². The van der Waals surface area contributed by atoms with Crippen molar-refractivity contribution < 1.29 is 14.6 Å². The lowest BCUT2D eigenvalue weighted by molar-refractivity contribution is -0.144. The van der Waals surface area contributed by atoms with Gasteiger partial charge in [0.25, 0.3) is 0 Å². The second-order valence-corrected chi connectivity index (χ2v) is 6.75. The zero-order valence-corrected chi connectivity index (χ0v) is 15.6. The van der Waals surface area contributed by atoms with Gasteiger partial charge in [0.15, 0.2) is 0 Å². The van der Waals surface area contributed by atoms with Gasteiger partial charge in [-0.2, -0.15) is 0 Å². The van der Waals surface area contributed by atoms with E-state index in [-0.39, 0.29) is 0 Å². The second-order valence-electron chi connectivity index (χ2n) is 6.75. The van der Waals surface area contributed by atoms with Crippen LogP contribution in [0.4, 0.5) is 0 Å². The summed E-state index contributed by atoms with van der Waals surface area (Å²) >= 11 is 0. The highest BCUT2D eigenvalue weighted by Gasteiger charge is 2.32. The van der Waals surface area contributed by atoms with Gasteiger partial charge >= 0.3 is 5.97 Å². The molecule has 0 bridgehead atoms. The molecule has 7 heteroatoms. The van der Waals surface area contributed by atoms with Gasteiger partial charge in [0.2, 0.25) is 0 Å². The summed E-state index contributed by atoms with van der Waals surface area (Å²) in [7, 11) is 3.57. The van der Waals surface area contributed by atoms with Crippen LogP contribution in [-0.4, -0.2) is 63.7 Å². The molecule has 2 aromatic rings. The molecule has 1 aromatic heterocycles. The van der Waals surface area contributed by atoms with E-state index in [1.54, 1.807) is 13.3 Å². The Morgan fingerprint density at radius 2 is 2.04 bits per heavy atom. The summed E-state index contributed by atoms with van der Waals surface area (Å²) in [5.41, 5.74) is 1.75. The summed E-state index contributed by atoms with van der Waals surface area (Å²) < 4.78 is 7.43. The first-order valence-electron chi connectivity index (χ1n) is 8.79. The van der Waals surface area contributed by atoms with Crippen molar-refractivity contribution in [3.05, 3.63) is 47.5 Å². The zero-order valence-electron chi connectivity index (χ0n) is 15.6. The minimum atomic E-state index is -0.841. The molecule has 2 heterocycles. The number of hydrogen-bond donors (Lipinski definition) is 1. The van der Waals surface area contributed by atoms with Gasteiger partial charge in [-0.15, -0.1) is 0 Å². The Morgan fingerprint density at radius 3 is 2.62 bits per heavy atom. The van der Waals surface area contributed by atoms with Crippen LogP contribution < -0.4 is 4.74 Å². The van der Waals surface area contributed by atoms with Gasteiger partial charge in [-0.05, 0) is 13.0 Å². The Bertz CT molecular complexity index is 766. The maximum Gasteiger partial charge on any atom is 0.325 e. The third-order valence-electron chi connectivity index (χ3n) is 4.97. The van der Waals surface area contributed by atoms with Gasteiger partial charge in [-0.25, -0.2) is 4.98 Å². The average molecular weight is 358 g/mol. The first-order valence-corrected chi connectivity index (χ1v) is 8.79. The second kappa shape index (κ2) is 7.88. The number of imidazole rings is 1. The third kappa shape index (κ3) is 3.89. The van der Waals surface area contributed by atoms with E-state index in [2.05, 4.69) is 9.88 Å². The number of nitrogens with zero attached hydrogens (tertiary/aromatic N) is 4. The van der Waals surface area contributed by atoms with E-state index in [9.17, 15) is 9.90 Å². The van der Waals surface area contributed by atoms with Crippen LogP contribution in [0.15, 0.2) is 30.6 Å². The van der Waals surface area contributed by atoms with Crippen LogP contribution in [0, 0.1) is 6.92 Å². The number of carbonyl (C=O) groups is 1. The quantitative estimate of drug-likeness (QED) is 0.847. The molecule has 0 spiro atoms. The third-order valence-corrected chi connectivity index (χ3v) is 4.97. The molecule has 1 aromatic carbocycles. The van der Waals surface area contributed by atoms with Gasteiger partial charge in [-0.1, -0.05) is 17.7 Å². The lowest BCUT2D eigenvalue weighted by atomic mass is 10.0. The van der Waals surface area contributed by atoms with Gasteiger partial charge in [0.05, 0.1) is 13.7 Å². The van der Waals surface area contributed by atoms with Crippen molar-refractivity contribution in [2.45, 2.75) is 19.5 Å². The highest BCUT2D eigenvalue weighted by atomic mass is 16.5. The minimum Gasteiger partial charge on any atom is -0.496 e. The SMILES string of the molecule is COc1ccc(C)cc1C(C(=O)O)N1CCN(Cc2nccn2C)CC1. The first-order chi connectivity index (χ1) is 12.5. The smallest absolute Gasteiger partial charge is 0.325 e. The van der Waals surface area contributed by atoms with E-state index in [1.165, 1.54) is 0 Å². The fraction of sp³-hybridized carbons (Fsp3) is 0.474. The molecule has 1 aliphatic heterocycles. The largest absolute Gasteiger partial charge is 0.496 e. The molecule has 1 fully saturated rings. The molecule has 1 atom stereocenters. The van der Waals surface area contributed by atoms with Crippen LogP contribution in [0.25, 0.3) is 0 Å². The van der Waals surface area contributed by atoms with Crippen LogP contribution in [0.2, 0.25) is 0 Å². The molecule has 140 valence electrons. The van der Waals surface area contributed by atoms with Crippen molar-refractivity contribution in [2.24, 2.45) is 7.05 Å². The van der Waals surface area contributed by atoms with Gasteiger partial charge < -0.3 is 14.4 Å². The van der Waals surface area contributed by atoms with Crippen molar-refractivity contribution in [2.75, 3.05) is 33.3 Å². The summed E-state index contributed by atoms with van der Waals surface area (Å²) in [4.78, 5) is 20.7. The Kier molecular flexibility index (Phi) is 5.58. The van der Waals surface area contributed by atoms with E-state index in [1.807, 2.05) is 47.8 Å². The fourth-order valence-corrected chi connectivity index (χ4v) is 3.48. The van der Waals surface area contributed by atoms with Crippen LogP contribution in [0.3, 0.4) is 0 Å². The number of aliphatic carboxylic acids is 1. The van der Waals surface area contributed by atoms with Crippen molar-refractivity contribution in [3.63, 3.8) is 0 Å². The van der Waals surface area contributed by atoms with Gasteiger partial charge in [0.1, 0.15) is 17.6 Å². The number of carboxylic acid groups (broad SMARTS) is 1. The van der Waals surface area contributed by atoms with E-state index < -0.39 is 12.0 Å². The molecular weight excluding hydrogens is 332 g/mol. The van der Waals surface area contributed by atoms with E-state index in [0.717, 1.165) is 36.6 Å². The van der Waals surface area contributed by atoms with Crippen LogP contribution in [0.1, 0.15) is 23.0 Å². The van der Waals surface area contributed by atoms with Crippen molar-refractivity contribution in [3.8, 4) is 5.75 Å². The first kappa shape index (κ1) is 18.4. The van der Waals surface area contributed by atoms with E-state index in [0.29, 0.717) is 18.8 Å². The van der Waals surface area contributed by atoms with Crippen molar-refractivity contribution in [1.29, 1.82) is 0 Å². The van der Waals surface area contributed by atoms with Gasteiger partial charge in [-0.3, -0.25) is 14.6 Å². The highest BCUT2D eigenvalue weighted by Crippen LogP contribution is 2.31. The molecule has 26 heavy (non-hydrogen) atoms. The van der Waals surface area contributed by atoms with E-state index in [4.69, 9.17) is 4.74 Å². The van der Waals surface area contributed by atoms with Crippen LogP contribution in [0.5, 0.6) is 5.75 Å². The number of piperazine rings is 1. The predicted octanol–water partition coefficient (Wildman–Crippen LogP) is 1.68. The maximum absolute atomic E-state index is 12.0. The monoisotopic (exact) mass is 358 g/mol. The number of carboxylic acids is 1. The molecule has 1 unspecified atom stereocenters. The molecule has 1 saturated heterocycles. The summed E-state index contributed by atoms with van der Waals surface area (Å²) in [5.74, 6) is 0.804. The normalized spacial score (nSPS) is 17.2. The molecule has 1 N–H and O–H groups in total. The Labute approximate surface area is 153 Å². The molecule has 0 aliphatic carbocycles. The molecule has 3 rings (SSSR count). The molecule has 0 radical (unpaired) electrons. The fourth-order valence-electron chi connectivity index (χ4n) is 3.48. The van der Waals surface area contributed by atoms with Crippen LogP contribution >= 0.6 is 0 Å². The highest BCUT2D eigenvalue weighted by molar-refractivity contribution is 5.77. The molecule has 0 amide bonds. The zero-order chi connectivity index (χ0) is 18.7. The molecule has 7 nitrogen and oxygen atoms in total. The standard InChI is InChI=1S/C19H26N4O3/c1-14-4-5-16(26-3)15(12-14)18(19(24)25)23-10-8-22(9-11-23)13-17-20-6-7-21(17)2/h4-7,12,18H,8-11,13H2,1-3H3,(H,24,25). The molecule has 1 aliphatic rings. The maximum atomic E-state index is 12.0. The van der Waals surface area contributed by atoms with E-state index >= 15 is 0 Å². The number of ether oxygens (including phenoxy) is 1. The summed E-state index contributed by atoms with van der Waals surface area (Å²) in [6, 6.07) is 5.00. The molecular formula is C19H26N4O3. The Balaban J connectivity index is 1.72. The molecule has 0 saturated carbocycles. The number of rotatable bonds is 6. The van der Waals surface area contributed by atoms with Crippen molar-refractivity contribution >= 4 is 5.97 Å². The van der Waals surface area contributed by atoms with Crippen molar-refractivity contribution in [1.82, 2.24) is 19.4 Å². The predicted molar refractivity (Wildman–Crippen MR) is 98.2 cm³/mol. The number of aryl methyl sites for hydroxylation is 2. The average Bonchev–Trinajstić information content (AvgIpc) is 3.01. The lowest BCUT2D eigenvalue weighted by Crippen LogP contribution is -2.49. The Hall–Kier alpha value is -2.38. The number of methoxy groups -OCH3 is 1. The summed E-state index contributed by atoms with van der Waals surface area (Å²) in [5, 5.41) is 9.88. The minimum absolute atomic E-state index is 0.624. The number of aromatic nitrogens is 2. The lowest BCUT2D eigenvalue weighted by Gasteiger charge is -2.38. The number of hydrogen-bond acceptors (Lipinski definition) is 5. The topological polar surface area (TPSA) is 70.8 Å². The summed E-state index contributed by atoms with van der Waals surface area (Å²) in [6.45, 7) is 5.75. The Morgan fingerprint density at radius 1 is 1.31 bits per heavy atom. The number of benzene rings is 1. The van der Waals surface area contributed by atoms with Gasteiger partial charge in [0, 0.05) is 51.2 Å². The summed E-state index contributed by atoms with van der Waals surface area (Å²) in [6.07, 6.45) is 3.74.